The van der Waals surface area contributed by atoms with Crippen LogP contribution in [0.4, 0.5) is 5.69 Å². The van der Waals surface area contributed by atoms with E-state index in [9.17, 15) is 0 Å². The second-order valence-corrected chi connectivity index (χ2v) is 5.46. The Kier molecular flexibility index (Phi) is 9.11. The molecule has 0 saturated heterocycles. The molecule has 0 spiro atoms. The van der Waals surface area contributed by atoms with E-state index < -0.39 is 0 Å². The molecule has 3 nitrogen and oxygen atoms in total. The summed E-state index contributed by atoms with van der Waals surface area (Å²) in [5.41, 5.74) is 2.74. The second kappa shape index (κ2) is 10.6. The zero-order valence-corrected chi connectivity index (χ0v) is 14.2. The standard InChI is InChI=1S/C18H32N2O/c1-5-12-19-15-16-10-8-9-11-18(16)20(13-14-21-4)17(6-2)7-3/h8-11,17,19H,5-7,12-15H2,1-4H3. The number of methoxy groups -OCH3 is 1. The van der Waals surface area contributed by atoms with E-state index in [0.29, 0.717) is 6.04 Å². The third-order valence-electron chi connectivity index (χ3n) is 3.96. The van der Waals surface area contributed by atoms with Gasteiger partial charge in [-0.15, -0.1) is 0 Å². The van der Waals surface area contributed by atoms with Crippen LogP contribution in [0.25, 0.3) is 0 Å². The smallest absolute Gasteiger partial charge is 0.0637 e. The van der Waals surface area contributed by atoms with Gasteiger partial charge in [0.05, 0.1) is 6.61 Å². The first-order chi connectivity index (χ1) is 10.3. The Morgan fingerprint density at radius 3 is 2.48 bits per heavy atom. The van der Waals surface area contributed by atoms with Gasteiger partial charge in [0.15, 0.2) is 0 Å². The number of ether oxygens (including phenoxy) is 1. The Morgan fingerprint density at radius 1 is 1.14 bits per heavy atom. The number of hydrogen-bond acceptors (Lipinski definition) is 3. The summed E-state index contributed by atoms with van der Waals surface area (Å²) in [5.74, 6) is 0. The highest BCUT2D eigenvalue weighted by Crippen LogP contribution is 2.24. The molecular formula is C18H32N2O. The minimum atomic E-state index is 0.576. The topological polar surface area (TPSA) is 24.5 Å². The van der Waals surface area contributed by atoms with Crippen LogP contribution in [-0.4, -0.2) is 32.8 Å². The minimum Gasteiger partial charge on any atom is -0.383 e. The van der Waals surface area contributed by atoms with Crippen molar-refractivity contribution in [1.29, 1.82) is 0 Å². The van der Waals surface area contributed by atoms with Crippen LogP contribution in [0.3, 0.4) is 0 Å². The average Bonchev–Trinajstić information content (AvgIpc) is 2.52. The predicted octanol–water partition coefficient (Wildman–Crippen LogP) is 3.83. The van der Waals surface area contributed by atoms with E-state index in [-0.39, 0.29) is 0 Å². The summed E-state index contributed by atoms with van der Waals surface area (Å²) < 4.78 is 5.31. The maximum Gasteiger partial charge on any atom is 0.0637 e. The average molecular weight is 292 g/mol. The van der Waals surface area contributed by atoms with E-state index in [1.807, 2.05) is 0 Å². The number of rotatable bonds is 11. The van der Waals surface area contributed by atoms with Crippen LogP contribution in [0.1, 0.15) is 45.6 Å². The van der Waals surface area contributed by atoms with E-state index >= 15 is 0 Å². The second-order valence-electron chi connectivity index (χ2n) is 5.46. The molecule has 1 rings (SSSR count). The van der Waals surface area contributed by atoms with Crippen molar-refractivity contribution in [2.75, 3.05) is 31.7 Å². The third kappa shape index (κ3) is 5.68. The van der Waals surface area contributed by atoms with E-state index in [1.165, 1.54) is 17.7 Å². The van der Waals surface area contributed by atoms with Gasteiger partial charge in [-0.2, -0.15) is 0 Å². The highest BCUT2D eigenvalue weighted by molar-refractivity contribution is 5.54. The number of nitrogens with one attached hydrogen (secondary N) is 1. The van der Waals surface area contributed by atoms with Crippen LogP contribution in [0, 0.1) is 0 Å². The van der Waals surface area contributed by atoms with Crippen molar-refractivity contribution >= 4 is 5.69 Å². The first kappa shape index (κ1) is 18.0. The molecule has 0 aliphatic rings. The van der Waals surface area contributed by atoms with Gasteiger partial charge in [0.2, 0.25) is 0 Å². The van der Waals surface area contributed by atoms with Gasteiger partial charge in [0, 0.05) is 31.9 Å². The summed E-state index contributed by atoms with van der Waals surface area (Å²) in [6, 6.07) is 9.33. The van der Waals surface area contributed by atoms with Crippen LogP contribution >= 0.6 is 0 Å². The van der Waals surface area contributed by atoms with Gasteiger partial charge in [-0.3, -0.25) is 0 Å². The van der Waals surface area contributed by atoms with Crippen molar-refractivity contribution in [3.05, 3.63) is 29.8 Å². The van der Waals surface area contributed by atoms with E-state index in [1.54, 1.807) is 7.11 Å². The maximum atomic E-state index is 5.31. The highest BCUT2D eigenvalue weighted by atomic mass is 16.5. The van der Waals surface area contributed by atoms with Gasteiger partial charge < -0.3 is 15.0 Å². The molecule has 1 aromatic rings. The van der Waals surface area contributed by atoms with Gasteiger partial charge in [-0.05, 0) is 37.4 Å². The molecule has 1 N–H and O–H groups in total. The van der Waals surface area contributed by atoms with Crippen molar-refractivity contribution < 1.29 is 4.74 Å². The Bertz CT molecular complexity index is 377. The first-order valence-corrected chi connectivity index (χ1v) is 8.32. The summed E-state index contributed by atoms with van der Waals surface area (Å²) in [6.45, 7) is 10.5. The number of para-hydroxylation sites is 1. The number of benzene rings is 1. The summed E-state index contributed by atoms with van der Waals surface area (Å²) in [6.07, 6.45) is 3.50. The molecule has 0 aromatic heterocycles. The SMILES string of the molecule is CCCNCc1ccccc1N(CCOC)C(CC)CC. The fourth-order valence-electron chi connectivity index (χ4n) is 2.76. The van der Waals surface area contributed by atoms with Crippen molar-refractivity contribution in [1.82, 2.24) is 5.32 Å². The lowest BCUT2D eigenvalue weighted by Gasteiger charge is -2.34. The maximum absolute atomic E-state index is 5.31. The van der Waals surface area contributed by atoms with Gasteiger partial charge in [-0.1, -0.05) is 39.0 Å². The molecule has 0 fully saturated rings. The largest absolute Gasteiger partial charge is 0.383 e. The van der Waals surface area contributed by atoms with E-state index in [0.717, 1.165) is 39.1 Å². The Labute approximate surface area is 130 Å². The van der Waals surface area contributed by atoms with E-state index in [2.05, 4.69) is 55.3 Å². The van der Waals surface area contributed by atoms with Gasteiger partial charge >= 0.3 is 0 Å². The third-order valence-corrected chi connectivity index (χ3v) is 3.96. The zero-order chi connectivity index (χ0) is 15.5. The normalized spacial score (nSPS) is 11.1. The molecule has 0 aliphatic heterocycles. The molecule has 0 saturated carbocycles. The Morgan fingerprint density at radius 2 is 1.86 bits per heavy atom. The molecule has 0 aliphatic carbocycles. The van der Waals surface area contributed by atoms with E-state index in [4.69, 9.17) is 4.74 Å². The van der Waals surface area contributed by atoms with Crippen LogP contribution in [0.5, 0.6) is 0 Å². The van der Waals surface area contributed by atoms with Crippen molar-refractivity contribution in [3.8, 4) is 0 Å². The number of nitrogens with zero attached hydrogens (tertiary/aromatic N) is 1. The lowest BCUT2D eigenvalue weighted by atomic mass is 10.1. The van der Waals surface area contributed by atoms with Crippen LogP contribution in [0.2, 0.25) is 0 Å². The number of anilines is 1. The summed E-state index contributed by atoms with van der Waals surface area (Å²) in [5, 5.41) is 3.52. The molecule has 120 valence electrons. The van der Waals surface area contributed by atoms with Gasteiger partial charge in [-0.25, -0.2) is 0 Å². The molecule has 0 radical (unpaired) electrons. The molecule has 0 heterocycles. The van der Waals surface area contributed by atoms with Crippen molar-refractivity contribution in [2.45, 2.75) is 52.6 Å². The first-order valence-electron chi connectivity index (χ1n) is 8.32. The van der Waals surface area contributed by atoms with Crippen LogP contribution in [0.15, 0.2) is 24.3 Å². The lowest BCUT2D eigenvalue weighted by molar-refractivity contribution is 0.202. The van der Waals surface area contributed by atoms with Crippen LogP contribution < -0.4 is 10.2 Å². The molecule has 3 heteroatoms. The monoisotopic (exact) mass is 292 g/mol. The molecule has 0 bridgehead atoms. The zero-order valence-electron chi connectivity index (χ0n) is 14.2. The fourth-order valence-corrected chi connectivity index (χ4v) is 2.76. The predicted molar refractivity (Wildman–Crippen MR) is 92.0 cm³/mol. The summed E-state index contributed by atoms with van der Waals surface area (Å²) >= 11 is 0. The Balaban J connectivity index is 2.93. The van der Waals surface area contributed by atoms with Crippen molar-refractivity contribution in [3.63, 3.8) is 0 Å². The minimum absolute atomic E-state index is 0.576. The molecule has 1 aromatic carbocycles. The fraction of sp³-hybridized carbons (Fsp3) is 0.667. The number of hydrogen-bond donors (Lipinski definition) is 1. The molecule has 21 heavy (non-hydrogen) atoms. The Hall–Kier alpha value is -1.06. The van der Waals surface area contributed by atoms with Gasteiger partial charge in [0.25, 0.3) is 0 Å². The molecule has 0 atom stereocenters. The van der Waals surface area contributed by atoms with Gasteiger partial charge in [0.1, 0.15) is 0 Å². The quantitative estimate of drug-likeness (QED) is 0.627. The molecule has 0 unspecified atom stereocenters. The molecular weight excluding hydrogens is 260 g/mol. The molecule has 0 amide bonds. The van der Waals surface area contributed by atoms with Crippen molar-refractivity contribution in [2.24, 2.45) is 0 Å². The lowest BCUT2D eigenvalue weighted by Crippen LogP contribution is -2.38. The summed E-state index contributed by atoms with van der Waals surface area (Å²) in [7, 11) is 1.78. The van der Waals surface area contributed by atoms with Crippen LogP contribution in [-0.2, 0) is 11.3 Å². The summed E-state index contributed by atoms with van der Waals surface area (Å²) in [4.78, 5) is 2.52. The highest BCUT2D eigenvalue weighted by Gasteiger charge is 2.17.